The Hall–Kier alpha value is -4.83. The quantitative estimate of drug-likeness (QED) is 0.0211. The maximum absolute atomic E-state index is 13.0. The summed E-state index contributed by atoms with van der Waals surface area (Å²) in [7, 11) is 5.97. The molecule has 89 heavy (non-hydrogen) atoms. The number of hydrogen-bond acceptors (Lipinski definition) is 7. The minimum absolute atomic E-state index is 0.180. The molecule has 0 radical (unpaired) electrons. The van der Waals surface area contributed by atoms with E-state index in [1.807, 2.05) is 21.1 Å². The zero-order chi connectivity index (χ0) is 64.7. The third-order valence-corrected chi connectivity index (χ3v) is 15.1. The lowest BCUT2D eigenvalue weighted by Gasteiger charge is -2.25. The van der Waals surface area contributed by atoms with E-state index < -0.39 is 24.3 Å². The summed E-state index contributed by atoms with van der Waals surface area (Å²) in [6, 6.07) is 0. The van der Waals surface area contributed by atoms with Gasteiger partial charge in [-0.1, -0.05) is 301 Å². The number of aliphatic carboxylic acids is 1. The van der Waals surface area contributed by atoms with Gasteiger partial charge in [-0.25, -0.2) is 4.79 Å². The van der Waals surface area contributed by atoms with Crippen molar-refractivity contribution in [2.24, 2.45) is 0 Å². The van der Waals surface area contributed by atoms with Gasteiger partial charge in [0, 0.05) is 12.8 Å². The minimum atomic E-state index is -1.52. The molecule has 0 aromatic heterocycles. The van der Waals surface area contributed by atoms with Crippen LogP contribution in [0.3, 0.4) is 0 Å². The Morgan fingerprint density at radius 2 is 0.607 bits per heavy atom. The zero-order valence-electron chi connectivity index (χ0n) is 57.8. The molecule has 506 valence electrons. The Labute approximate surface area is 547 Å². The first kappa shape index (κ1) is 84.2. The van der Waals surface area contributed by atoms with Gasteiger partial charge in [-0.2, -0.15) is 0 Å². The highest BCUT2D eigenvalue weighted by atomic mass is 16.7. The van der Waals surface area contributed by atoms with E-state index in [1.54, 1.807) is 0 Å². The van der Waals surface area contributed by atoms with Crippen molar-refractivity contribution in [3.8, 4) is 0 Å². The van der Waals surface area contributed by atoms with Gasteiger partial charge in [0.25, 0.3) is 6.29 Å². The van der Waals surface area contributed by atoms with Crippen LogP contribution in [-0.4, -0.2) is 87.4 Å². The van der Waals surface area contributed by atoms with E-state index in [4.69, 9.17) is 18.9 Å². The van der Waals surface area contributed by atoms with Gasteiger partial charge < -0.3 is 28.5 Å². The van der Waals surface area contributed by atoms with Crippen molar-refractivity contribution >= 4 is 17.9 Å². The number of carbonyl (C=O) groups is 3. The van der Waals surface area contributed by atoms with Crippen molar-refractivity contribution in [1.82, 2.24) is 0 Å². The molecule has 0 aliphatic rings. The van der Waals surface area contributed by atoms with Crippen LogP contribution in [0.1, 0.15) is 284 Å². The van der Waals surface area contributed by atoms with Crippen LogP contribution in [0.15, 0.2) is 146 Å². The standard InChI is InChI=1S/C80H133NO8/c1-6-8-10-12-14-16-18-20-22-24-26-28-30-32-34-36-38-39-41-43-45-47-49-51-53-55-57-59-61-63-65-67-69-71-78(83)89-76(75-88-80(79(84)85)86-73-72-81(3,4)5)74-87-77(82)70-68-66-64-62-60-58-56-54-52-50-48-46-44-42-40-37-35-33-31-29-27-25-23-21-19-17-15-13-11-9-7-2/h8-11,14-17,20-23,26-29,32,34,38-39,43,45,49,51,76,80H,6-7,12-13,18-19,24-25,30-31,33,35-37,40-42,44,46-48,50,52-75H2,1-5H3/p+1/b10-8-,11-9-,16-14-,17-15-,22-20-,23-21-,28-26-,29-27-,34-32-,39-38-,45-43-,51-49-. The number of carboxylic acids is 1. The Morgan fingerprint density at radius 1 is 0.337 bits per heavy atom. The molecule has 0 aliphatic carbocycles. The van der Waals surface area contributed by atoms with Gasteiger partial charge in [-0.15, -0.1) is 0 Å². The summed E-state index contributed by atoms with van der Waals surface area (Å²) in [6.07, 6.45) is 98.2. The second-order valence-corrected chi connectivity index (χ2v) is 24.8. The third-order valence-electron chi connectivity index (χ3n) is 15.1. The number of rotatable bonds is 65. The predicted octanol–water partition coefficient (Wildman–Crippen LogP) is 22.7. The lowest BCUT2D eigenvalue weighted by Crippen LogP contribution is -2.40. The van der Waals surface area contributed by atoms with E-state index in [0.717, 1.165) is 122 Å². The van der Waals surface area contributed by atoms with Crippen LogP contribution in [0.4, 0.5) is 0 Å². The number of carbonyl (C=O) groups excluding carboxylic acids is 2. The van der Waals surface area contributed by atoms with Gasteiger partial charge in [0.05, 0.1) is 34.4 Å². The molecule has 0 saturated heterocycles. The molecule has 9 heteroatoms. The third kappa shape index (κ3) is 70.5. The lowest BCUT2D eigenvalue weighted by atomic mass is 10.0. The number of hydrogen-bond donors (Lipinski definition) is 1. The number of likely N-dealkylation sites (N-methyl/N-ethyl adjacent to an activating group) is 1. The van der Waals surface area contributed by atoms with Gasteiger partial charge in [0.2, 0.25) is 0 Å². The first-order valence-corrected chi connectivity index (χ1v) is 36.0. The Morgan fingerprint density at radius 3 is 0.899 bits per heavy atom. The average Bonchev–Trinajstić information content (AvgIpc) is 3.64. The fourth-order valence-corrected chi connectivity index (χ4v) is 9.67. The molecule has 0 bridgehead atoms. The summed E-state index contributed by atoms with van der Waals surface area (Å²) in [6.45, 7) is 4.65. The molecule has 0 spiro atoms. The smallest absolute Gasteiger partial charge is 0.361 e. The predicted molar refractivity (Wildman–Crippen MR) is 382 cm³/mol. The van der Waals surface area contributed by atoms with E-state index in [0.29, 0.717) is 23.9 Å². The Balaban J connectivity index is 4.15. The van der Waals surface area contributed by atoms with Gasteiger partial charge in [0.1, 0.15) is 13.2 Å². The van der Waals surface area contributed by atoms with E-state index in [-0.39, 0.29) is 32.2 Å². The van der Waals surface area contributed by atoms with Crippen LogP contribution in [-0.2, 0) is 33.3 Å². The fraction of sp³-hybridized carbons (Fsp3) is 0.662. The molecule has 0 rings (SSSR count). The molecule has 0 amide bonds. The second-order valence-electron chi connectivity index (χ2n) is 24.8. The van der Waals surface area contributed by atoms with Crippen molar-refractivity contribution in [3.63, 3.8) is 0 Å². The number of carboxylic acid groups (broad SMARTS) is 1. The molecule has 9 nitrogen and oxygen atoms in total. The summed E-state index contributed by atoms with van der Waals surface area (Å²) >= 11 is 0. The molecule has 2 atom stereocenters. The van der Waals surface area contributed by atoms with Crippen LogP contribution in [0.2, 0.25) is 0 Å². The zero-order valence-corrected chi connectivity index (χ0v) is 57.8. The molecule has 0 aliphatic heterocycles. The Bertz CT molecular complexity index is 1970. The summed E-state index contributed by atoms with van der Waals surface area (Å²) in [5, 5.41) is 9.76. The normalized spacial score (nSPS) is 13.6. The second kappa shape index (κ2) is 69.1. The summed E-state index contributed by atoms with van der Waals surface area (Å²) in [4.78, 5) is 37.7. The lowest BCUT2D eigenvalue weighted by molar-refractivity contribution is -0.870. The summed E-state index contributed by atoms with van der Waals surface area (Å²) < 4.78 is 23.0. The summed E-state index contributed by atoms with van der Waals surface area (Å²) in [5.41, 5.74) is 0. The fourth-order valence-electron chi connectivity index (χ4n) is 9.67. The molecule has 0 fully saturated rings. The number of nitrogens with zero attached hydrogens (tertiary/aromatic N) is 1. The number of unbranched alkanes of at least 4 members (excludes halogenated alkanes) is 26. The Kier molecular flexibility index (Phi) is 65.3. The molecule has 1 N–H and O–H groups in total. The molecular formula is C80H134NO8+. The molecule has 0 aromatic rings. The monoisotopic (exact) mass is 1240 g/mol. The van der Waals surface area contributed by atoms with Crippen LogP contribution in [0, 0.1) is 0 Å². The number of ether oxygens (including phenoxy) is 4. The summed E-state index contributed by atoms with van der Waals surface area (Å²) in [5.74, 6) is -2.02. The van der Waals surface area contributed by atoms with Crippen molar-refractivity contribution in [2.75, 3.05) is 47.5 Å². The van der Waals surface area contributed by atoms with Crippen LogP contribution in [0.25, 0.3) is 0 Å². The molecule has 0 saturated carbocycles. The first-order valence-electron chi connectivity index (χ1n) is 36.0. The number of allylic oxidation sites excluding steroid dienone is 24. The van der Waals surface area contributed by atoms with Crippen LogP contribution in [0.5, 0.6) is 0 Å². The molecule has 0 heterocycles. The first-order chi connectivity index (χ1) is 43.6. The van der Waals surface area contributed by atoms with Gasteiger partial charge >= 0.3 is 17.9 Å². The van der Waals surface area contributed by atoms with Crippen LogP contribution < -0.4 is 0 Å². The largest absolute Gasteiger partial charge is 0.477 e. The van der Waals surface area contributed by atoms with Crippen molar-refractivity contribution in [3.05, 3.63) is 146 Å². The number of quaternary nitrogens is 1. The molecule has 2 unspecified atom stereocenters. The highest BCUT2D eigenvalue weighted by Gasteiger charge is 2.25. The van der Waals surface area contributed by atoms with E-state index in [9.17, 15) is 19.5 Å². The average molecular weight is 1240 g/mol. The van der Waals surface area contributed by atoms with E-state index in [2.05, 4.69) is 160 Å². The SMILES string of the molecule is CC/C=C\C/C=C\C/C=C\C/C=C\C/C=C\C/C=C\C/C=C\C/C=C\CCCCCCCCCCC(=O)OC(COC(=O)CCCCCCCCCCCCCCCCCCCC/C=C\C/C=C\C/C=C\C/C=C\CC)COC(OCC[N+](C)(C)C)C(=O)O. The van der Waals surface area contributed by atoms with Crippen molar-refractivity contribution < 1.29 is 42.9 Å². The van der Waals surface area contributed by atoms with Crippen molar-refractivity contribution in [2.45, 2.75) is 296 Å². The van der Waals surface area contributed by atoms with E-state index in [1.165, 1.54) is 128 Å². The topological polar surface area (TPSA) is 108 Å². The van der Waals surface area contributed by atoms with E-state index >= 15 is 0 Å². The highest BCUT2D eigenvalue weighted by molar-refractivity contribution is 5.71. The van der Waals surface area contributed by atoms with Crippen LogP contribution >= 0.6 is 0 Å². The maximum Gasteiger partial charge on any atom is 0.361 e. The van der Waals surface area contributed by atoms with Gasteiger partial charge in [-0.3, -0.25) is 9.59 Å². The van der Waals surface area contributed by atoms with Gasteiger partial charge in [-0.05, 0) is 116 Å². The number of esters is 2. The molecular weight excluding hydrogens is 1100 g/mol. The minimum Gasteiger partial charge on any atom is -0.477 e. The maximum atomic E-state index is 13.0. The highest BCUT2D eigenvalue weighted by Crippen LogP contribution is 2.17. The van der Waals surface area contributed by atoms with Crippen molar-refractivity contribution in [1.29, 1.82) is 0 Å². The van der Waals surface area contributed by atoms with Gasteiger partial charge in [0.15, 0.2) is 6.10 Å². The molecule has 0 aromatic carbocycles.